The van der Waals surface area contributed by atoms with E-state index in [1.165, 1.54) is 37.7 Å². The highest BCUT2D eigenvalue weighted by molar-refractivity contribution is 5.11. The summed E-state index contributed by atoms with van der Waals surface area (Å²) in [7, 11) is 0. The lowest BCUT2D eigenvalue weighted by Gasteiger charge is -2.56. The molecule has 4 fully saturated rings. The third-order valence-electron chi connectivity index (χ3n) is 5.40. The van der Waals surface area contributed by atoms with Gasteiger partial charge in [-0.1, -0.05) is 12.2 Å². The SMILES string of the molecule is C=C(C)C(NN)C1C2CC3CC(C2)CC1C3. The minimum Gasteiger partial charge on any atom is -0.271 e. The molecule has 3 N–H and O–H groups in total. The van der Waals surface area contributed by atoms with E-state index in [2.05, 4.69) is 18.9 Å². The zero-order chi connectivity index (χ0) is 11.3. The van der Waals surface area contributed by atoms with Crippen molar-refractivity contribution in [3.63, 3.8) is 0 Å². The molecule has 4 saturated carbocycles. The Morgan fingerprint density at radius 1 is 1.12 bits per heavy atom. The molecule has 4 aliphatic rings. The van der Waals surface area contributed by atoms with Crippen LogP contribution >= 0.6 is 0 Å². The van der Waals surface area contributed by atoms with Crippen LogP contribution in [0.25, 0.3) is 0 Å². The lowest BCUT2D eigenvalue weighted by Crippen LogP contribution is -2.54. The van der Waals surface area contributed by atoms with Crippen LogP contribution in [0.4, 0.5) is 0 Å². The van der Waals surface area contributed by atoms with Crippen molar-refractivity contribution in [1.29, 1.82) is 0 Å². The second-order valence-corrected chi connectivity index (χ2v) is 6.50. The summed E-state index contributed by atoms with van der Waals surface area (Å²) in [4.78, 5) is 0. The Morgan fingerprint density at radius 2 is 1.62 bits per heavy atom. The van der Waals surface area contributed by atoms with E-state index in [4.69, 9.17) is 5.84 Å². The first-order chi connectivity index (χ1) is 7.69. The third kappa shape index (κ3) is 1.54. The standard InChI is InChI=1S/C14H24N2/c1-8(2)14(16-15)13-11-4-9-3-10(6-11)7-12(13)5-9/h9-14,16H,1,3-7,15H2,2H3. The molecule has 0 heterocycles. The second-order valence-electron chi connectivity index (χ2n) is 6.50. The maximum Gasteiger partial charge on any atom is 0.0448 e. The fourth-order valence-electron chi connectivity index (χ4n) is 5.09. The van der Waals surface area contributed by atoms with Crippen molar-refractivity contribution in [2.24, 2.45) is 35.4 Å². The average molecular weight is 220 g/mol. The van der Waals surface area contributed by atoms with Gasteiger partial charge in [0.25, 0.3) is 0 Å². The first-order valence-electron chi connectivity index (χ1n) is 6.80. The monoisotopic (exact) mass is 220 g/mol. The number of hydrogen-bond acceptors (Lipinski definition) is 2. The molecule has 0 aromatic rings. The normalized spacial score (nSPS) is 47.0. The fraction of sp³-hybridized carbons (Fsp3) is 0.857. The predicted octanol–water partition coefficient (Wildman–Crippen LogP) is 2.47. The first kappa shape index (κ1) is 10.8. The molecular weight excluding hydrogens is 196 g/mol. The van der Waals surface area contributed by atoms with E-state index in [0.29, 0.717) is 6.04 Å². The van der Waals surface area contributed by atoms with Crippen LogP contribution < -0.4 is 11.3 Å². The van der Waals surface area contributed by atoms with Crippen LogP contribution in [0.15, 0.2) is 12.2 Å². The fourth-order valence-corrected chi connectivity index (χ4v) is 5.09. The Labute approximate surface area is 98.6 Å². The smallest absolute Gasteiger partial charge is 0.0448 e. The maximum atomic E-state index is 5.74. The van der Waals surface area contributed by atoms with E-state index < -0.39 is 0 Å². The topological polar surface area (TPSA) is 38.0 Å². The quantitative estimate of drug-likeness (QED) is 0.435. The van der Waals surface area contributed by atoms with Gasteiger partial charge in [0.15, 0.2) is 0 Å². The molecule has 4 rings (SSSR count). The Balaban J connectivity index is 1.83. The molecule has 0 aliphatic heterocycles. The summed E-state index contributed by atoms with van der Waals surface area (Å²) < 4.78 is 0. The van der Waals surface area contributed by atoms with Gasteiger partial charge in [-0.15, -0.1) is 0 Å². The maximum absolute atomic E-state index is 5.74. The molecule has 0 aromatic heterocycles. The summed E-state index contributed by atoms with van der Waals surface area (Å²) >= 11 is 0. The van der Waals surface area contributed by atoms with E-state index in [1.54, 1.807) is 0 Å². The summed E-state index contributed by atoms with van der Waals surface area (Å²) in [6, 6.07) is 0.356. The molecule has 4 aliphatic carbocycles. The van der Waals surface area contributed by atoms with Crippen molar-refractivity contribution in [3.8, 4) is 0 Å². The molecule has 2 heteroatoms. The average Bonchev–Trinajstić information content (AvgIpc) is 2.21. The molecule has 0 amide bonds. The second kappa shape index (κ2) is 3.85. The highest BCUT2D eigenvalue weighted by Crippen LogP contribution is 2.57. The third-order valence-corrected chi connectivity index (χ3v) is 5.40. The molecule has 90 valence electrons. The number of nitrogens with one attached hydrogen (secondary N) is 1. The molecular formula is C14H24N2. The summed E-state index contributed by atoms with van der Waals surface area (Å²) in [5.41, 5.74) is 4.25. The van der Waals surface area contributed by atoms with Crippen LogP contribution in [0.3, 0.4) is 0 Å². The van der Waals surface area contributed by atoms with Gasteiger partial charge >= 0.3 is 0 Å². The Bertz CT molecular complexity index is 269. The van der Waals surface area contributed by atoms with Gasteiger partial charge in [-0.3, -0.25) is 11.3 Å². The van der Waals surface area contributed by atoms with E-state index in [9.17, 15) is 0 Å². The molecule has 0 radical (unpaired) electrons. The summed E-state index contributed by atoms with van der Waals surface area (Å²) in [5, 5.41) is 0. The van der Waals surface area contributed by atoms with Crippen molar-refractivity contribution in [2.45, 2.75) is 45.1 Å². The largest absolute Gasteiger partial charge is 0.271 e. The first-order valence-corrected chi connectivity index (χ1v) is 6.80. The summed E-state index contributed by atoms with van der Waals surface area (Å²) in [6.07, 6.45) is 7.37. The van der Waals surface area contributed by atoms with Crippen molar-refractivity contribution in [2.75, 3.05) is 0 Å². The van der Waals surface area contributed by atoms with E-state index in [-0.39, 0.29) is 0 Å². The zero-order valence-electron chi connectivity index (χ0n) is 10.3. The van der Waals surface area contributed by atoms with Gasteiger partial charge in [0.1, 0.15) is 0 Å². The van der Waals surface area contributed by atoms with Gasteiger partial charge in [-0.05, 0) is 68.6 Å². The summed E-state index contributed by atoms with van der Waals surface area (Å²) in [6.45, 7) is 6.24. The Kier molecular flexibility index (Phi) is 2.60. The Hall–Kier alpha value is -0.340. The van der Waals surface area contributed by atoms with Crippen molar-refractivity contribution >= 4 is 0 Å². The lowest BCUT2D eigenvalue weighted by atomic mass is 9.50. The van der Waals surface area contributed by atoms with E-state index in [0.717, 1.165) is 29.6 Å². The van der Waals surface area contributed by atoms with Gasteiger partial charge < -0.3 is 0 Å². The van der Waals surface area contributed by atoms with Gasteiger partial charge in [0, 0.05) is 6.04 Å². The molecule has 0 saturated heterocycles. The van der Waals surface area contributed by atoms with Crippen molar-refractivity contribution in [1.82, 2.24) is 5.43 Å². The van der Waals surface area contributed by atoms with Crippen LogP contribution in [0.2, 0.25) is 0 Å². The van der Waals surface area contributed by atoms with Crippen LogP contribution in [-0.2, 0) is 0 Å². The van der Waals surface area contributed by atoms with Gasteiger partial charge in [0.05, 0.1) is 0 Å². The van der Waals surface area contributed by atoms with E-state index in [1.807, 2.05) is 0 Å². The highest BCUT2D eigenvalue weighted by Gasteiger charge is 2.50. The molecule has 4 bridgehead atoms. The van der Waals surface area contributed by atoms with Gasteiger partial charge in [-0.2, -0.15) is 0 Å². The van der Waals surface area contributed by atoms with Crippen LogP contribution in [0, 0.1) is 29.6 Å². The lowest BCUT2D eigenvalue weighted by molar-refractivity contribution is -0.0467. The number of nitrogens with two attached hydrogens (primary N) is 1. The van der Waals surface area contributed by atoms with E-state index >= 15 is 0 Å². The van der Waals surface area contributed by atoms with Crippen LogP contribution in [-0.4, -0.2) is 6.04 Å². The van der Waals surface area contributed by atoms with Crippen molar-refractivity contribution < 1.29 is 0 Å². The zero-order valence-corrected chi connectivity index (χ0v) is 10.3. The minimum atomic E-state index is 0.356. The minimum absolute atomic E-state index is 0.356. The molecule has 0 aromatic carbocycles. The number of rotatable bonds is 3. The van der Waals surface area contributed by atoms with Crippen molar-refractivity contribution in [3.05, 3.63) is 12.2 Å². The van der Waals surface area contributed by atoms with Gasteiger partial charge in [0.2, 0.25) is 0 Å². The molecule has 16 heavy (non-hydrogen) atoms. The summed E-state index contributed by atoms with van der Waals surface area (Å²) in [5.74, 6) is 10.5. The number of hydrazine groups is 1. The Morgan fingerprint density at radius 3 is 2.00 bits per heavy atom. The highest BCUT2D eigenvalue weighted by atomic mass is 15.2. The predicted molar refractivity (Wildman–Crippen MR) is 66.5 cm³/mol. The molecule has 2 nitrogen and oxygen atoms in total. The molecule has 0 spiro atoms. The van der Waals surface area contributed by atoms with Crippen LogP contribution in [0.5, 0.6) is 0 Å². The number of hydrogen-bond donors (Lipinski definition) is 2. The van der Waals surface area contributed by atoms with Gasteiger partial charge in [-0.25, -0.2) is 0 Å². The molecule has 1 unspecified atom stereocenters. The van der Waals surface area contributed by atoms with Crippen LogP contribution in [0.1, 0.15) is 39.0 Å². The molecule has 1 atom stereocenters.